The van der Waals surface area contributed by atoms with Crippen molar-refractivity contribution in [1.82, 2.24) is 0 Å². The minimum Gasteiger partial charge on any atom is -0.492 e. The zero-order chi connectivity index (χ0) is 9.42. The minimum atomic E-state index is -0.455. The van der Waals surface area contributed by atoms with Crippen molar-refractivity contribution in [2.75, 3.05) is 6.61 Å². The number of aliphatic hydroxyl groups excluding tert-OH is 1. The van der Waals surface area contributed by atoms with Gasteiger partial charge in [0, 0.05) is 5.56 Å². The van der Waals surface area contributed by atoms with E-state index in [2.05, 4.69) is 15.9 Å². The molecule has 3 heteroatoms. The fourth-order valence-corrected chi connectivity index (χ4v) is 1.90. The van der Waals surface area contributed by atoms with Gasteiger partial charge in [0.15, 0.2) is 0 Å². The highest BCUT2D eigenvalue weighted by Crippen LogP contribution is 2.35. The molecule has 0 aromatic heterocycles. The van der Waals surface area contributed by atoms with Crippen LogP contribution in [0.2, 0.25) is 0 Å². The van der Waals surface area contributed by atoms with Crippen LogP contribution in [0.3, 0.4) is 0 Å². The highest BCUT2D eigenvalue weighted by molar-refractivity contribution is 9.09. The van der Waals surface area contributed by atoms with Gasteiger partial charge in [0.25, 0.3) is 0 Å². The number of hydrogen-bond acceptors (Lipinski definition) is 2. The lowest BCUT2D eigenvalue weighted by Gasteiger charge is -2.26. The molecule has 1 aliphatic heterocycles. The zero-order valence-corrected chi connectivity index (χ0v) is 8.91. The second kappa shape index (κ2) is 3.31. The Labute approximate surface area is 85.7 Å². The van der Waals surface area contributed by atoms with E-state index in [1.807, 2.05) is 25.1 Å². The summed E-state index contributed by atoms with van der Waals surface area (Å²) in [5, 5.41) is 9.83. The lowest BCUT2D eigenvalue weighted by atomic mass is 10.0. The Balaban J connectivity index is 2.45. The molecule has 0 amide bonds. The van der Waals surface area contributed by atoms with Crippen molar-refractivity contribution in [3.63, 3.8) is 0 Å². The largest absolute Gasteiger partial charge is 0.492 e. The number of rotatable bonds is 0. The first-order valence-electron chi connectivity index (χ1n) is 4.24. The molecule has 2 atom stereocenters. The molecule has 1 aromatic carbocycles. The van der Waals surface area contributed by atoms with Crippen LogP contribution < -0.4 is 4.74 Å². The molecule has 1 aliphatic rings. The molecule has 0 unspecified atom stereocenters. The third kappa shape index (κ3) is 1.58. The summed E-state index contributed by atoms with van der Waals surface area (Å²) in [7, 11) is 0. The van der Waals surface area contributed by atoms with Gasteiger partial charge in [-0.3, -0.25) is 0 Å². The minimum absolute atomic E-state index is 0.00167. The summed E-state index contributed by atoms with van der Waals surface area (Å²) in [5.41, 5.74) is 2.02. The molecular formula is C10H11BrO2. The molecule has 1 heterocycles. The molecule has 0 spiro atoms. The Hall–Kier alpha value is -0.540. The lowest BCUT2D eigenvalue weighted by Crippen LogP contribution is -2.25. The van der Waals surface area contributed by atoms with Crippen LogP contribution in [-0.2, 0) is 0 Å². The summed E-state index contributed by atoms with van der Waals surface area (Å²) in [6.07, 6.45) is -0.455. The fourth-order valence-electron chi connectivity index (χ4n) is 1.49. The van der Waals surface area contributed by atoms with E-state index < -0.39 is 6.10 Å². The summed E-state index contributed by atoms with van der Waals surface area (Å²) in [4.78, 5) is 0.00167. The van der Waals surface area contributed by atoms with Crippen molar-refractivity contribution in [2.45, 2.75) is 17.9 Å². The SMILES string of the molecule is Cc1ccc2c(c1)[C@@H](O)[C@@H](Br)CO2. The fraction of sp³-hybridized carbons (Fsp3) is 0.400. The normalized spacial score (nSPS) is 26.4. The lowest BCUT2D eigenvalue weighted by molar-refractivity contribution is 0.125. The first-order valence-corrected chi connectivity index (χ1v) is 5.15. The smallest absolute Gasteiger partial charge is 0.125 e. The Bertz CT molecular complexity index is 325. The van der Waals surface area contributed by atoms with Crippen molar-refractivity contribution in [2.24, 2.45) is 0 Å². The molecule has 0 radical (unpaired) electrons. The van der Waals surface area contributed by atoms with Gasteiger partial charge in [-0.05, 0) is 19.1 Å². The maximum atomic E-state index is 9.83. The van der Waals surface area contributed by atoms with Crippen molar-refractivity contribution in [1.29, 1.82) is 0 Å². The van der Waals surface area contributed by atoms with Gasteiger partial charge >= 0.3 is 0 Å². The Morgan fingerprint density at radius 1 is 1.54 bits per heavy atom. The molecule has 0 aliphatic carbocycles. The Morgan fingerprint density at radius 2 is 2.31 bits per heavy atom. The highest BCUT2D eigenvalue weighted by Gasteiger charge is 2.26. The average molecular weight is 243 g/mol. The standard InChI is InChI=1S/C10H11BrO2/c1-6-2-3-9-7(4-6)10(12)8(11)5-13-9/h2-4,8,10,12H,5H2,1H3/t8-,10+/m0/s1. The maximum absolute atomic E-state index is 9.83. The topological polar surface area (TPSA) is 29.5 Å². The van der Waals surface area contributed by atoms with Crippen molar-refractivity contribution >= 4 is 15.9 Å². The molecule has 0 bridgehead atoms. The Morgan fingerprint density at radius 3 is 3.08 bits per heavy atom. The molecule has 1 N–H and O–H groups in total. The molecule has 0 fully saturated rings. The van der Waals surface area contributed by atoms with Gasteiger partial charge in [-0.15, -0.1) is 0 Å². The maximum Gasteiger partial charge on any atom is 0.125 e. The molecule has 2 nitrogen and oxygen atoms in total. The van der Waals surface area contributed by atoms with E-state index >= 15 is 0 Å². The third-order valence-corrected chi connectivity index (χ3v) is 2.99. The van der Waals surface area contributed by atoms with Crippen LogP contribution in [0, 0.1) is 6.92 Å². The Kier molecular flexibility index (Phi) is 2.30. The average Bonchev–Trinajstić information content (AvgIpc) is 2.12. The van der Waals surface area contributed by atoms with Gasteiger partial charge in [-0.25, -0.2) is 0 Å². The number of ether oxygens (including phenoxy) is 1. The van der Waals surface area contributed by atoms with E-state index in [0.717, 1.165) is 16.9 Å². The molecule has 0 saturated carbocycles. The number of fused-ring (bicyclic) bond motifs is 1. The van der Waals surface area contributed by atoms with E-state index in [0.29, 0.717) is 6.61 Å². The van der Waals surface area contributed by atoms with Gasteiger partial charge in [0.05, 0.1) is 10.9 Å². The molecule has 1 aromatic rings. The van der Waals surface area contributed by atoms with Gasteiger partial charge in [-0.2, -0.15) is 0 Å². The monoisotopic (exact) mass is 242 g/mol. The number of halogens is 1. The quantitative estimate of drug-likeness (QED) is 0.707. The molecular weight excluding hydrogens is 232 g/mol. The van der Waals surface area contributed by atoms with Gasteiger partial charge in [-0.1, -0.05) is 27.6 Å². The molecule has 70 valence electrons. The van der Waals surface area contributed by atoms with Gasteiger partial charge < -0.3 is 9.84 Å². The second-order valence-corrected chi connectivity index (χ2v) is 4.49. The van der Waals surface area contributed by atoms with Crippen LogP contribution in [0.4, 0.5) is 0 Å². The van der Waals surface area contributed by atoms with Crippen LogP contribution in [0.15, 0.2) is 18.2 Å². The van der Waals surface area contributed by atoms with E-state index in [4.69, 9.17) is 4.74 Å². The highest BCUT2D eigenvalue weighted by atomic mass is 79.9. The second-order valence-electron chi connectivity index (χ2n) is 3.31. The first-order chi connectivity index (χ1) is 6.18. The number of hydrogen-bond donors (Lipinski definition) is 1. The number of aryl methyl sites for hydroxylation is 1. The van der Waals surface area contributed by atoms with Crippen LogP contribution in [0.1, 0.15) is 17.2 Å². The van der Waals surface area contributed by atoms with Crippen LogP contribution >= 0.6 is 15.9 Å². The summed E-state index contributed by atoms with van der Waals surface area (Å²) in [6, 6.07) is 5.86. The summed E-state index contributed by atoms with van der Waals surface area (Å²) in [5.74, 6) is 0.800. The summed E-state index contributed by atoms with van der Waals surface area (Å²) >= 11 is 3.37. The molecule has 2 rings (SSSR count). The van der Waals surface area contributed by atoms with Crippen LogP contribution in [-0.4, -0.2) is 16.5 Å². The van der Waals surface area contributed by atoms with E-state index in [1.54, 1.807) is 0 Å². The predicted octanol–water partition coefficient (Wildman–Crippen LogP) is 2.18. The zero-order valence-electron chi connectivity index (χ0n) is 7.33. The third-order valence-electron chi connectivity index (χ3n) is 2.22. The predicted molar refractivity (Wildman–Crippen MR) is 54.3 cm³/mol. The van der Waals surface area contributed by atoms with E-state index in [9.17, 15) is 5.11 Å². The van der Waals surface area contributed by atoms with E-state index in [1.165, 1.54) is 0 Å². The number of aliphatic hydroxyl groups is 1. The van der Waals surface area contributed by atoms with Crippen LogP contribution in [0.25, 0.3) is 0 Å². The molecule has 0 saturated heterocycles. The van der Waals surface area contributed by atoms with Crippen molar-refractivity contribution < 1.29 is 9.84 Å². The van der Waals surface area contributed by atoms with Gasteiger partial charge in [0.1, 0.15) is 12.4 Å². The summed E-state index contributed by atoms with van der Waals surface area (Å²) < 4.78 is 5.45. The van der Waals surface area contributed by atoms with E-state index in [-0.39, 0.29) is 4.83 Å². The van der Waals surface area contributed by atoms with Crippen LogP contribution in [0.5, 0.6) is 5.75 Å². The first kappa shape index (κ1) is 9.03. The summed E-state index contributed by atoms with van der Waals surface area (Å²) in [6.45, 7) is 2.53. The number of benzene rings is 1. The molecule has 13 heavy (non-hydrogen) atoms. The van der Waals surface area contributed by atoms with Crippen molar-refractivity contribution in [3.8, 4) is 5.75 Å². The number of alkyl halides is 1. The van der Waals surface area contributed by atoms with Crippen molar-refractivity contribution in [3.05, 3.63) is 29.3 Å². The van der Waals surface area contributed by atoms with Gasteiger partial charge in [0.2, 0.25) is 0 Å².